The highest BCUT2D eigenvalue weighted by Crippen LogP contribution is 2.24. The van der Waals surface area contributed by atoms with Crippen LogP contribution < -0.4 is 4.74 Å². The molecule has 21 heavy (non-hydrogen) atoms. The molecule has 1 atom stereocenters. The Bertz CT molecular complexity index is 496. The molecule has 0 amide bonds. The minimum absolute atomic E-state index is 0.00328. The lowest BCUT2D eigenvalue weighted by Gasteiger charge is -2.32. The van der Waals surface area contributed by atoms with Crippen molar-refractivity contribution in [1.82, 2.24) is 0 Å². The molecule has 1 aromatic carbocycles. The van der Waals surface area contributed by atoms with Crippen molar-refractivity contribution in [1.29, 1.82) is 0 Å². The SMILES string of the molecule is C=C(C)C(=O)OC(C)(C)C(CN=O)COc1ccccc1. The molecule has 0 bridgehead atoms. The van der Waals surface area contributed by atoms with Crippen molar-refractivity contribution >= 4 is 5.97 Å². The molecule has 5 nitrogen and oxygen atoms in total. The van der Waals surface area contributed by atoms with Gasteiger partial charge in [0.05, 0.1) is 19.1 Å². The summed E-state index contributed by atoms with van der Waals surface area (Å²) in [6.07, 6.45) is 0. The van der Waals surface area contributed by atoms with Crippen LogP contribution in [0.5, 0.6) is 5.75 Å². The zero-order chi connectivity index (χ0) is 15.9. The van der Waals surface area contributed by atoms with Crippen molar-refractivity contribution in [2.45, 2.75) is 26.4 Å². The quantitative estimate of drug-likeness (QED) is 0.418. The van der Waals surface area contributed by atoms with Gasteiger partial charge in [-0.1, -0.05) is 30.0 Å². The molecule has 0 aliphatic carbocycles. The largest absolute Gasteiger partial charge is 0.493 e. The number of ether oxygens (including phenoxy) is 2. The highest BCUT2D eigenvalue weighted by Gasteiger charge is 2.34. The molecule has 5 heteroatoms. The molecule has 1 unspecified atom stereocenters. The second-order valence-electron chi connectivity index (χ2n) is 5.41. The molecule has 1 rings (SSSR count). The van der Waals surface area contributed by atoms with Crippen molar-refractivity contribution in [3.8, 4) is 5.75 Å². The van der Waals surface area contributed by atoms with E-state index in [4.69, 9.17) is 9.47 Å². The highest BCUT2D eigenvalue weighted by atomic mass is 16.6. The first-order chi connectivity index (χ1) is 9.86. The van der Waals surface area contributed by atoms with E-state index in [1.165, 1.54) is 0 Å². The average molecular weight is 291 g/mol. The molecule has 0 aliphatic heterocycles. The van der Waals surface area contributed by atoms with Gasteiger partial charge in [-0.05, 0) is 32.9 Å². The lowest BCUT2D eigenvalue weighted by Crippen LogP contribution is -2.41. The fourth-order valence-corrected chi connectivity index (χ4v) is 1.69. The summed E-state index contributed by atoms with van der Waals surface area (Å²) < 4.78 is 11.0. The Labute approximate surface area is 124 Å². The van der Waals surface area contributed by atoms with Gasteiger partial charge in [-0.25, -0.2) is 4.79 Å². The maximum absolute atomic E-state index is 11.7. The van der Waals surface area contributed by atoms with E-state index in [2.05, 4.69) is 11.8 Å². The summed E-state index contributed by atoms with van der Waals surface area (Å²) in [5, 5.41) is 2.92. The van der Waals surface area contributed by atoms with Crippen molar-refractivity contribution in [2.24, 2.45) is 11.1 Å². The van der Waals surface area contributed by atoms with Gasteiger partial charge in [-0.2, -0.15) is 4.91 Å². The van der Waals surface area contributed by atoms with Crippen LogP contribution in [0.2, 0.25) is 0 Å². The van der Waals surface area contributed by atoms with Crippen LogP contribution in [0.4, 0.5) is 0 Å². The van der Waals surface area contributed by atoms with E-state index in [-0.39, 0.29) is 19.1 Å². The summed E-state index contributed by atoms with van der Waals surface area (Å²) in [7, 11) is 0. The molecular formula is C16H21NO4. The molecule has 0 aromatic heterocycles. The zero-order valence-electron chi connectivity index (χ0n) is 12.7. The van der Waals surface area contributed by atoms with E-state index in [1.54, 1.807) is 20.8 Å². The molecule has 0 saturated carbocycles. The summed E-state index contributed by atoms with van der Waals surface area (Å²) in [6.45, 7) is 8.82. The average Bonchev–Trinajstić information content (AvgIpc) is 2.43. The maximum atomic E-state index is 11.7. The molecule has 0 spiro atoms. The Kier molecular flexibility index (Phi) is 6.09. The molecule has 114 valence electrons. The molecule has 1 aromatic rings. The van der Waals surface area contributed by atoms with E-state index in [0.717, 1.165) is 0 Å². The van der Waals surface area contributed by atoms with E-state index in [9.17, 15) is 9.70 Å². The number of carbonyl (C=O) groups excluding carboxylic acids is 1. The predicted octanol–water partition coefficient (Wildman–Crippen LogP) is 3.35. The number of para-hydroxylation sites is 1. The molecule has 0 saturated heterocycles. The molecule has 0 heterocycles. The van der Waals surface area contributed by atoms with Crippen molar-refractivity contribution in [3.05, 3.63) is 47.4 Å². The highest BCUT2D eigenvalue weighted by molar-refractivity contribution is 5.87. The standard InChI is InChI=1S/C16H21NO4/c1-12(2)15(18)21-16(3,4)13(10-17-19)11-20-14-8-6-5-7-9-14/h5-9,13H,1,10-11H2,2-4H3. The first-order valence-corrected chi connectivity index (χ1v) is 6.72. The summed E-state index contributed by atoms with van der Waals surface area (Å²) >= 11 is 0. The van der Waals surface area contributed by atoms with Gasteiger partial charge in [0.15, 0.2) is 0 Å². The maximum Gasteiger partial charge on any atom is 0.333 e. The number of carbonyl (C=O) groups is 1. The first-order valence-electron chi connectivity index (χ1n) is 6.72. The molecule has 0 radical (unpaired) electrons. The lowest BCUT2D eigenvalue weighted by molar-refractivity contribution is -0.157. The minimum atomic E-state index is -0.876. The van der Waals surface area contributed by atoms with Crippen LogP contribution >= 0.6 is 0 Å². The molecular weight excluding hydrogens is 270 g/mol. The fraction of sp³-hybridized carbons (Fsp3) is 0.438. The Morgan fingerprint density at radius 1 is 1.33 bits per heavy atom. The number of hydrogen-bond acceptors (Lipinski definition) is 5. The Balaban J connectivity index is 2.72. The van der Waals surface area contributed by atoms with Crippen molar-refractivity contribution < 1.29 is 14.3 Å². The molecule has 0 fully saturated rings. The van der Waals surface area contributed by atoms with Gasteiger partial charge >= 0.3 is 5.97 Å². The third kappa shape index (κ3) is 5.38. The molecule has 0 aliphatic rings. The van der Waals surface area contributed by atoms with Gasteiger partial charge in [0.25, 0.3) is 0 Å². The second-order valence-corrected chi connectivity index (χ2v) is 5.41. The van der Waals surface area contributed by atoms with E-state index < -0.39 is 11.6 Å². The number of benzene rings is 1. The van der Waals surface area contributed by atoms with Crippen LogP contribution in [0.1, 0.15) is 20.8 Å². The number of rotatable bonds is 8. The van der Waals surface area contributed by atoms with E-state index >= 15 is 0 Å². The summed E-state index contributed by atoms with van der Waals surface area (Å²) in [5.41, 5.74) is -0.566. The lowest BCUT2D eigenvalue weighted by atomic mass is 9.91. The predicted molar refractivity (Wildman–Crippen MR) is 81.1 cm³/mol. The number of nitroso groups, excluding NO2 is 1. The summed E-state index contributed by atoms with van der Waals surface area (Å²) in [6, 6.07) is 9.23. The number of nitrogens with zero attached hydrogens (tertiary/aromatic N) is 1. The molecule has 0 N–H and O–H groups in total. The van der Waals surface area contributed by atoms with Gasteiger partial charge in [0, 0.05) is 5.57 Å². The van der Waals surface area contributed by atoms with Gasteiger partial charge in [-0.3, -0.25) is 0 Å². The Morgan fingerprint density at radius 3 is 2.48 bits per heavy atom. The smallest absolute Gasteiger partial charge is 0.333 e. The first kappa shape index (κ1) is 16.9. The number of hydrogen-bond donors (Lipinski definition) is 0. The van der Waals surface area contributed by atoms with Crippen molar-refractivity contribution in [3.63, 3.8) is 0 Å². The monoisotopic (exact) mass is 291 g/mol. The third-order valence-electron chi connectivity index (χ3n) is 3.18. The van der Waals surface area contributed by atoms with Crippen LogP contribution in [0.15, 0.2) is 47.7 Å². The van der Waals surface area contributed by atoms with Crippen LogP contribution in [-0.4, -0.2) is 24.7 Å². The topological polar surface area (TPSA) is 65.0 Å². The zero-order valence-corrected chi connectivity index (χ0v) is 12.7. The minimum Gasteiger partial charge on any atom is -0.493 e. The Morgan fingerprint density at radius 2 is 1.95 bits per heavy atom. The van der Waals surface area contributed by atoms with Crippen LogP contribution in [0.3, 0.4) is 0 Å². The number of esters is 1. The van der Waals surface area contributed by atoms with Gasteiger partial charge in [0.1, 0.15) is 11.4 Å². The van der Waals surface area contributed by atoms with Gasteiger partial charge < -0.3 is 9.47 Å². The van der Waals surface area contributed by atoms with Crippen LogP contribution in [-0.2, 0) is 9.53 Å². The summed E-state index contributed by atoms with van der Waals surface area (Å²) in [5.74, 6) is -0.149. The normalized spacial score (nSPS) is 12.3. The fourth-order valence-electron chi connectivity index (χ4n) is 1.69. The van der Waals surface area contributed by atoms with Crippen LogP contribution in [0, 0.1) is 10.8 Å². The Hall–Kier alpha value is -2.17. The third-order valence-corrected chi connectivity index (χ3v) is 3.18. The van der Waals surface area contributed by atoms with E-state index in [1.807, 2.05) is 30.3 Å². The van der Waals surface area contributed by atoms with Gasteiger partial charge in [0.2, 0.25) is 0 Å². The van der Waals surface area contributed by atoms with Crippen molar-refractivity contribution in [2.75, 3.05) is 13.2 Å². The second kappa shape index (κ2) is 7.57. The van der Waals surface area contributed by atoms with E-state index in [0.29, 0.717) is 11.3 Å². The van der Waals surface area contributed by atoms with Crippen LogP contribution in [0.25, 0.3) is 0 Å². The summed E-state index contributed by atoms with van der Waals surface area (Å²) in [4.78, 5) is 22.3. The van der Waals surface area contributed by atoms with Gasteiger partial charge in [-0.15, -0.1) is 0 Å².